The maximum Gasteiger partial charge on any atom is 0.290 e. The van der Waals surface area contributed by atoms with Gasteiger partial charge in [0, 0.05) is 20.3 Å². The molecule has 2 heterocycles. The Bertz CT molecular complexity index is 892. The highest BCUT2D eigenvalue weighted by molar-refractivity contribution is 6.42. The summed E-state index contributed by atoms with van der Waals surface area (Å²) in [4.78, 5) is 27.0. The van der Waals surface area contributed by atoms with Crippen LogP contribution in [0.3, 0.4) is 0 Å². The van der Waals surface area contributed by atoms with E-state index >= 15 is 0 Å². The molecular weight excluding hydrogens is 393 g/mol. The molecule has 1 aromatic carbocycles. The first-order valence-corrected chi connectivity index (χ1v) is 8.97. The highest BCUT2D eigenvalue weighted by Gasteiger charge is 2.44. The van der Waals surface area contributed by atoms with Crippen LogP contribution in [0.4, 0.5) is 0 Å². The van der Waals surface area contributed by atoms with Crippen molar-refractivity contribution in [3.63, 3.8) is 0 Å². The lowest BCUT2D eigenvalue weighted by molar-refractivity contribution is -0.129. The molecule has 6 nitrogen and oxygen atoms in total. The lowest BCUT2D eigenvalue weighted by Gasteiger charge is -2.26. The summed E-state index contributed by atoms with van der Waals surface area (Å²) in [5, 5.41) is 11.1. The molecule has 0 radical (unpaired) electrons. The second-order valence-electron chi connectivity index (χ2n) is 5.99. The number of ether oxygens (including phenoxy) is 1. The van der Waals surface area contributed by atoms with E-state index in [0.717, 1.165) is 0 Å². The van der Waals surface area contributed by atoms with Crippen LogP contribution in [0.2, 0.25) is 10.0 Å². The summed E-state index contributed by atoms with van der Waals surface area (Å²) in [6.07, 6.45) is 1.89. The number of amides is 1. The number of ketones is 1. The van der Waals surface area contributed by atoms with Crippen molar-refractivity contribution in [2.75, 3.05) is 20.3 Å². The van der Waals surface area contributed by atoms with E-state index in [0.29, 0.717) is 23.6 Å². The lowest BCUT2D eigenvalue weighted by atomic mass is 9.95. The predicted octanol–water partition coefficient (Wildman–Crippen LogP) is 4.20. The van der Waals surface area contributed by atoms with Crippen LogP contribution in [-0.4, -0.2) is 42.0 Å². The van der Waals surface area contributed by atoms with Gasteiger partial charge in [0.1, 0.15) is 0 Å². The molecule has 8 heteroatoms. The third kappa shape index (κ3) is 3.74. The molecule has 0 bridgehead atoms. The molecule has 1 atom stereocenters. The van der Waals surface area contributed by atoms with Gasteiger partial charge in [0.15, 0.2) is 11.5 Å². The number of benzene rings is 1. The van der Waals surface area contributed by atoms with E-state index in [1.165, 1.54) is 17.2 Å². The SMILES string of the molecule is COCCCN1C(=O)C(O)=C(C(=O)c2ccco2)[C@@H]1c1ccc(Cl)c(Cl)c1. The van der Waals surface area contributed by atoms with Gasteiger partial charge < -0.3 is 19.2 Å². The molecule has 0 saturated heterocycles. The lowest BCUT2D eigenvalue weighted by Crippen LogP contribution is -2.32. The van der Waals surface area contributed by atoms with Crippen molar-refractivity contribution in [2.24, 2.45) is 0 Å². The van der Waals surface area contributed by atoms with Crippen LogP contribution < -0.4 is 0 Å². The zero-order valence-corrected chi connectivity index (χ0v) is 16.0. The second kappa shape index (κ2) is 8.17. The molecule has 1 aliphatic rings. The van der Waals surface area contributed by atoms with Gasteiger partial charge in [-0.05, 0) is 36.2 Å². The van der Waals surface area contributed by atoms with Crippen molar-refractivity contribution >= 4 is 34.9 Å². The third-order valence-electron chi connectivity index (χ3n) is 4.30. The second-order valence-corrected chi connectivity index (χ2v) is 6.80. The average molecular weight is 410 g/mol. The Hall–Kier alpha value is -2.28. The summed E-state index contributed by atoms with van der Waals surface area (Å²) in [7, 11) is 1.56. The molecule has 142 valence electrons. The van der Waals surface area contributed by atoms with Crippen molar-refractivity contribution in [1.82, 2.24) is 4.90 Å². The fourth-order valence-corrected chi connectivity index (χ4v) is 3.37. The van der Waals surface area contributed by atoms with Crippen LogP contribution in [0.5, 0.6) is 0 Å². The van der Waals surface area contributed by atoms with Gasteiger partial charge in [0.2, 0.25) is 5.78 Å². The van der Waals surface area contributed by atoms with E-state index < -0.39 is 23.5 Å². The van der Waals surface area contributed by atoms with Gasteiger partial charge in [-0.3, -0.25) is 9.59 Å². The van der Waals surface area contributed by atoms with Crippen LogP contribution in [0.1, 0.15) is 28.6 Å². The van der Waals surface area contributed by atoms with E-state index in [1.807, 2.05) is 0 Å². The monoisotopic (exact) mass is 409 g/mol. The van der Waals surface area contributed by atoms with Crippen LogP contribution in [-0.2, 0) is 9.53 Å². The number of carbonyl (C=O) groups excluding carboxylic acids is 2. The average Bonchev–Trinajstić information content (AvgIpc) is 3.26. The van der Waals surface area contributed by atoms with E-state index in [9.17, 15) is 14.7 Å². The van der Waals surface area contributed by atoms with Crippen molar-refractivity contribution < 1.29 is 23.8 Å². The zero-order chi connectivity index (χ0) is 19.6. The Morgan fingerprint density at radius 1 is 1.30 bits per heavy atom. The normalized spacial score (nSPS) is 17.1. The topological polar surface area (TPSA) is 80.0 Å². The number of halogens is 2. The number of rotatable bonds is 7. The minimum Gasteiger partial charge on any atom is -0.503 e. The Kier molecular flexibility index (Phi) is 5.89. The Balaban J connectivity index is 2.05. The van der Waals surface area contributed by atoms with E-state index in [2.05, 4.69) is 0 Å². The molecule has 1 aliphatic heterocycles. The fourth-order valence-electron chi connectivity index (χ4n) is 3.06. The van der Waals surface area contributed by atoms with E-state index in [-0.39, 0.29) is 22.9 Å². The molecule has 0 fully saturated rings. The molecule has 27 heavy (non-hydrogen) atoms. The summed E-state index contributed by atoms with van der Waals surface area (Å²) < 4.78 is 10.2. The van der Waals surface area contributed by atoms with Crippen molar-refractivity contribution in [3.05, 3.63) is 69.3 Å². The fraction of sp³-hybridized carbons (Fsp3) is 0.263. The molecule has 2 aromatic rings. The molecule has 1 amide bonds. The first-order chi connectivity index (χ1) is 13.0. The molecule has 0 spiro atoms. The molecule has 0 unspecified atom stereocenters. The summed E-state index contributed by atoms with van der Waals surface area (Å²) in [5.74, 6) is -1.74. The minimum atomic E-state index is -0.804. The van der Waals surface area contributed by atoms with Crippen LogP contribution >= 0.6 is 23.2 Å². The number of hydrogen-bond donors (Lipinski definition) is 1. The molecule has 1 N–H and O–H groups in total. The summed E-state index contributed by atoms with van der Waals surface area (Å²) in [6.45, 7) is 0.719. The van der Waals surface area contributed by atoms with Crippen LogP contribution in [0.25, 0.3) is 0 Å². The summed E-state index contributed by atoms with van der Waals surface area (Å²) in [6, 6.07) is 7.07. The number of furan rings is 1. The first-order valence-electron chi connectivity index (χ1n) is 8.22. The number of methoxy groups -OCH3 is 1. The van der Waals surface area contributed by atoms with Gasteiger partial charge in [-0.1, -0.05) is 29.3 Å². The highest BCUT2D eigenvalue weighted by atomic mass is 35.5. The summed E-state index contributed by atoms with van der Waals surface area (Å²) >= 11 is 12.1. The van der Waals surface area contributed by atoms with E-state index in [4.69, 9.17) is 32.4 Å². The predicted molar refractivity (Wildman–Crippen MR) is 100 cm³/mol. The highest BCUT2D eigenvalue weighted by Crippen LogP contribution is 2.40. The maximum atomic E-state index is 12.9. The number of Topliss-reactive ketones (excluding diaryl/α,β-unsaturated/α-hetero) is 1. The van der Waals surface area contributed by atoms with Gasteiger partial charge >= 0.3 is 0 Å². The Morgan fingerprint density at radius 2 is 2.07 bits per heavy atom. The molecular formula is C19H17Cl2NO5. The zero-order valence-electron chi connectivity index (χ0n) is 14.4. The Morgan fingerprint density at radius 3 is 2.70 bits per heavy atom. The number of carbonyl (C=O) groups is 2. The van der Waals surface area contributed by atoms with Crippen LogP contribution in [0, 0.1) is 0 Å². The number of aliphatic hydroxyl groups excluding tert-OH is 1. The van der Waals surface area contributed by atoms with Gasteiger partial charge in [0.05, 0.1) is 27.9 Å². The van der Waals surface area contributed by atoms with Crippen molar-refractivity contribution in [2.45, 2.75) is 12.5 Å². The number of aliphatic hydroxyl groups is 1. The summed E-state index contributed by atoms with van der Waals surface area (Å²) in [5.41, 5.74) is 0.514. The van der Waals surface area contributed by atoms with Gasteiger partial charge in [-0.2, -0.15) is 0 Å². The van der Waals surface area contributed by atoms with Gasteiger partial charge in [0.25, 0.3) is 5.91 Å². The largest absolute Gasteiger partial charge is 0.503 e. The number of hydrogen-bond acceptors (Lipinski definition) is 5. The van der Waals surface area contributed by atoms with Crippen molar-refractivity contribution in [3.8, 4) is 0 Å². The standard InChI is InChI=1S/C19H17Cl2NO5/c1-26-8-3-7-22-16(11-5-6-12(20)13(21)10-11)15(18(24)19(22)25)17(23)14-4-2-9-27-14/h2,4-6,9-10,16,24H,3,7-8H2,1H3/t16-/m0/s1. The molecule has 1 aromatic heterocycles. The molecule has 0 saturated carbocycles. The van der Waals surface area contributed by atoms with Crippen LogP contribution in [0.15, 0.2) is 52.3 Å². The first kappa shape index (κ1) is 19.5. The van der Waals surface area contributed by atoms with Crippen molar-refractivity contribution in [1.29, 1.82) is 0 Å². The smallest absolute Gasteiger partial charge is 0.290 e. The maximum absolute atomic E-state index is 12.9. The molecule has 0 aliphatic carbocycles. The number of nitrogens with zero attached hydrogens (tertiary/aromatic N) is 1. The quantitative estimate of drug-likeness (QED) is 0.547. The van der Waals surface area contributed by atoms with E-state index in [1.54, 1.807) is 31.4 Å². The van der Waals surface area contributed by atoms with Gasteiger partial charge in [-0.15, -0.1) is 0 Å². The molecule has 3 rings (SSSR count). The third-order valence-corrected chi connectivity index (χ3v) is 5.04. The van der Waals surface area contributed by atoms with Gasteiger partial charge in [-0.25, -0.2) is 0 Å². The Labute approximate surface area is 165 Å². The minimum absolute atomic E-state index is 0.0353.